The summed E-state index contributed by atoms with van der Waals surface area (Å²) in [6, 6.07) is 0. The summed E-state index contributed by atoms with van der Waals surface area (Å²) < 4.78 is 23.3. The van der Waals surface area contributed by atoms with Crippen LogP contribution in [0.25, 0.3) is 0 Å². The number of nitrogens with zero attached hydrogens (tertiary/aromatic N) is 1. The Bertz CT molecular complexity index is 148. The standard InChI is InChI=1S/C2BF2NS/c4-1-2(5)7-3-6-1. The van der Waals surface area contributed by atoms with Crippen LogP contribution < -0.4 is 0 Å². The van der Waals surface area contributed by atoms with Crippen molar-refractivity contribution in [1.29, 1.82) is 0 Å². The molecule has 0 aromatic carbocycles. The molecule has 0 aliphatic heterocycles. The molecular formula is C2BF2NS. The van der Waals surface area contributed by atoms with Crippen molar-refractivity contribution in [3.05, 3.63) is 11.1 Å². The molecule has 7 heavy (non-hydrogen) atoms. The van der Waals surface area contributed by atoms with Crippen molar-refractivity contribution in [2.24, 2.45) is 0 Å². The first-order chi connectivity index (χ1) is 3.30. The minimum atomic E-state index is -1.01. The molecule has 0 aliphatic carbocycles. The van der Waals surface area contributed by atoms with Crippen molar-refractivity contribution in [1.82, 2.24) is 4.89 Å². The molecule has 0 N–H and O–H groups in total. The fraction of sp³-hybridized carbons (Fsp3) is 0. The first-order valence-corrected chi connectivity index (χ1v) is 2.43. The fourth-order valence-corrected chi connectivity index (χ4v) is 0.606. The monoisotopic (exact) mass is 119 g/mol. The second kappa shape index (κ2) is 1.65. The summed E-state index contributed by atoms with van der Waals surface area (Å²) in [5.41, 5.74) is 0. The van der Waals surface area contributed by atoms with Crippen LogP contribution in [0.4, 0.5) is 8.78 Å². The van der Waals surface area contributed by atoms with Gasteiger partial charge in [-0.3, -0.25) is 0 Å². The summed E-state index contributed by atoms with van der Waals surface area (Å²) in [4.78, 5) is 2.99. The van der Waals surface area contributed by atoms with Crippen molar-refractivity contribution < 1.29 is 8.78 Å². The van der Waals surface area contributed by atoms with Crippen molar-refractivity contribution in [3.63, 3.8) is 0 Å². The number of rotatable bonds is 0. The zero-order valence-electron chi connectivity index (χ0n) is 3.19. The Kier molecular flexibility index (Phi) is 1.14. The van der Waals surface area contributed by atoms with Gasteiger partial charge in [0.15, 0.2) is 0 Å². The second-order valence-electron chi connectivity index (χ2n) is 0.917. The van der Waals surface area contributed by atoms with Crippen LogP contribution in [0.2, 0.25) is 0 Å². The molecule has 0 spiro atoms. The predicted molar refractivity (Wildman–Crippen MR) is 23.4 cm³/mol. The maximum absolute atomic E-state index is 11.7. The summed E-state index contributed by atoms with van der Waals surface area (Å²) >= 11 is 0.652. The van der Waals surface area contributed by atoms with E-state index in [2.05, 4.69) is 4.89 Å². The normalized spacial score (nSPS) is 8.86. The molecule has 0 saturated heterocycles. The second-order valence-corrected chi connectivity index (χ2v) is 1.72. The van der Waals surface area contributed by atoms with Gasteiger partial charge in [-0.2, -0.15) is 0 Å². The number of hydrogen-bond acceptors (Lipinski definition) is 2. The van der Waals surface area contributed by atoms with Crippen molar-refractivity contribution in [2.45, 2.75) is 0 Å². The fourth-order valence-electron chi connectivity index (χ4n) is 0.218. The summed E-state index contributed by atoms with van der Waals surface area (Å²) in [5, 5.41) is -0.847. The van der Waals surface area contributed by atoms with E-state index in [1.165, 1.54) is 0 Å². The van der Waals surface area contributed by atoms with Crippen LogP contribution >= 0.6 is 11.2 Å². The van der Waals surface area contributed by atoms with Crippen LogP contribution in [0.15, 0.2) is 0 Å². The molecule has 0 saturated carbocycles. The Hall–Kier alpha value is -0.315. The molecule has 1 rings (SSSR count). The molecular weight excluding hydrogens is 119 g/mol. The van der Waals surface area contributed by atoms with E-state index in [0.29, 0.717) is 11.2 Å². The average Bonchev–Trinajstić information content (AvgIpc) is 1.91. The molecule has 1 aromatic rings. The van der Waals surface area contributed by atoms with Crippen molar-refractivity contribution in [2.75, 3.05) is 0 Å². The van der Waals surface area contributed by atoms with Gasteiger partial charge in [-0.15, -0.1) is 0 Å². The van der Waals surface area contributed by atoms with Crippen molar-refractivity contribution >= 4 is 17.5 Å². The van der Waals surface area contributed by atoms with Gasteiger partial charge in [-0.25, -0.2) is 0 Å². The van der Waals surface area contributed by atoms with Gasteiger partial charge in [-0.1, -0.05) is 0 Å². The van der Waals surface area contributed by atoms with E-state index in [-0.39, 0.29) is 0 Å². The first kappa shape index (κ1) is 4.83. The summed E-state index contributed by atoms with van der Waals surface area (Å²) in [7, 11) is 0. The molecule has 0 amide bonds. The molecule has 0 bridgehead atoms. The Morgan fingerprint density at radius 1 is 1.57 bits per heavy atom. The third kappa shape index (κ3) is 0.823. The molecule has 5 heteroatoms. The van der Waals surface area contributed by atoms with Crippen LogP contribution in [-0.4, -0.2) is 11.2 Å². The van der Waals surface area contributed by atoms with E-state index in [0.717, 1.165) is 6.31 Å². The molecule has 0 fully saturated rings. The van der Waals surface area contributed by atoms with Crippen LogP contribution in [-0.2, 0) is 0 Å². The van der Waals surface area contributed by atoms with Gasteiger partial charge >= 0.3 is 42.2 Å². The predicted octanol–water partition coefficient (Wildman–Crippen LogP) is 0.759. The summed E-state index contributed by atoms with van der Waals surface area (Å²) in [6.45, 7) is 0. The average molecular weight is 119 g/mol. The van der Waals surface area contributed by atoms with Crippen LogP contribution in [0.1, 0.15) is 0 Å². The topological polar surface area (TPSA) is 12.9 Å². The third-order valence-electron chi connectivity index (χ3n) is 0.484. The summed E-state index contributed by atoms with van der Waals surface area (Å²) in [5.74, 6) is -1.01. The number of hydrogen-bond donors (Lipinski definition) is 0. The van der Waals surface area contributed by atoms with Gasteiger partial charge < -0.3 is 0 Å². The maximum atomic E-state index is 11.7. The van der Waals surface area contributed by atoms with Crippen LogP contribution in [0.3, 0.4) is 0 Å². The zero-order valence-corrected chi connectivity index (χ0v) is 4.01. The van der Waals surface area contributed by atoms with Gasteiger partial charge in [0.1, 0.15) is 0 Å². The Morgan fingerprint density at radius 2 is 2.29 bits per heavy atom. The molecule has 0 unspecified atom stereocenters. The zero-order chi connectivity index (χ0) is 5.28. The van der Waals surface area contributed by atoms with E-state index >= 15 is 0 Å². The van der Waals surface area contributed by atoms with Gasteiger partial charge in [-0.05, 0) is 0 Å². The molecule has 1 aromatic heterocycles. The Morgan fingerprint density at radius 3 is 2.43 bits per heavy atom. The first-order valence-electron chi connectivity index (χ1n) is 1.55. The Labute approximate surface area is 43.1 Å². The molecule has 36 valence electrons. The molecule has 1 nitrogen and oxygen atoms in total. The molecule has 0 aliphatic rings. The van der Waals surface area contributed by atoms with Gasteiger partial charge in [0, 0.05) is 0 Å². The van der Waals surface area contributed by atoms with Gasteiger partial charge in [0.25, 0.3) is 0 Å². The third-order valence-corrected chi connectivity index (χ3v) is 1.07. The van der Waals surface area contributed by atoms with Crippen LogP contribution in [0, 0.1) is 11.1 Å². The molecule has 0 atom stereocenters. The number of halogens is 2. The SMILES string of the molecule is Fc1nbsc1F. The minimum absolute atomic E-state index is 0.652. The van der Waals surface area contributed by atoms with E-state index in [1.54, 1.807) is 0 Å². The van der Waals surface area contributed by atoms with E-state index in [1.807, 2.05) is 0 Å². The van der Waals surface area contributed by atoms with Gasteiger partial charge in [0.05, 0.1) is 0 Å². The Balaban J connectivity index is 3.12. The van der Waals surface area contributed by atoms with E-state index < -0.39 is 11.1 Å². The van der Waals surface area contributed by atoms with Crippen molar-refractivity contribution in [3.8, 4) is 0 Å². The van der Waals surface area contributed by atoms with E-state index in [9.17, 15) is 8.78 Å². The summed E-state index contributed by atoms with van der Waals surface area (Å²) in [6.07, 6.45) is 1.12. The molecule has 0 radical (unpaired) electrons. The van der Waals surface area contributed by atoms with Crippen LogP contribution in [0.5, 0.6) is 0 Å². The molecule has 1 heterocycles. The number of aromatic nitrogens is 1. The van der Waals surface area contributed by atoms with E-state index in [4.69, 9.17) is 0 Å². The quantitative estimate of drug-likeness (QED) is 0.491. The van der Waals surface area contributed by atoms with Gasteiger partial charge in [0.2, 0.25) is 0 Å².